The standard InChI is InChI=1S/C26H30N4O3/c1-18(2)26(32)29-15-13-19(14-16-29)27-25(31)22-17-30(20-9-5-4-6-10-20)28-24(22)21-11-7-8-12-23(21)33-3/h4-12,17-19H,13-16H2,1-3H3,(H,27,31). The van der Waals surface area contributed by atoms with Crippen molar-refractivity contribution in [3.8, 4) is 22.7 Å². The molecule has 7 nitrogen and oxygen atoms in total. The number of carbonyl (C=O) groups is 2. The number of nitrogens with one attached hydrogen (secondary N) is 1. The van der Waals surface area contributed by atoms with Gasteiger partial charge >= 0.3 is 0 Å². The van der Waals surface area contributed by atoms with E-state index in [2.05, 4.69) is 5.32 Å². The molecule has 0 spiro atoms. The van der Waals surface area contributed by atoms with Crippen LogP contribution in [0, 0.1) is 5.92 Å². The monoisotopic (exact) mass is 446 g/mol. The number of carbonyl (C=O) groups excluding carboxylic acids is 2. The summed E-state index contributed by atoms with van der Waals surface area (Å²) in [6.07, 6.45) is 3.24. The van der Waals surface area contributed by atoms with Gasteiger partial charge in [0.1, 0.15) is 11.4 Å². The molecular weight excluding hydrogens is 416 g/mol. The fourth-order valence-corrected chi connectivity index (χ4v) is 4.16. The van der Waals surface area contributed by atoms with Crippen LogP contribution in [-0.4, -0.2) is 52.7 Å². The molecule has 3 aromatic rings. The second kappa shape index (κ2) is 9.90. The Morgan fingerprint density at radius 2 is 1.70 bits per heavy atom. The highest BCUT2D eigenvalue weighted by Gasteiger charge is 2.27. The Balaban J connectivity index is 1.59. The van der Waals surface area contributed by atoms with Crippen LogP contribution in [-0.2, 0) is 4.79 Å². The molecular formula is C26H30N4O3. The first kappa shape index (κ1) is 22.6. The Morgan fingerprint density at radius 3 is 2.36 bits per heavy atom. The topological polar surface area (TPSA) is 76.5 Å². The van der Waals surface area contributed by atoms with Crippen LogP contribution in [0.3, 0.4) is 0 Å². The van der Waals surface area contributed by atoms with E-state index in [0.717, 1.165) is 24.1 Å². The van der Waals surface area contributed by atoms with Crippen molar-refractivity contribution in [2.45, 2.75) is 32.7 Å². The molecule has 2 heterocycles. The third kappa shape index (κ3) is 4.92. The van der Waals surface area contributed by atoms with Crippen molar-refractivity contribution in [3.63, 3.8) is 0 Å². The minimum Gasteiger partial charge on any atom is -0.496 e. The van der Waals surface area contributed by atoms with Crippen LogP contribution in [0.25, 0.3) is 16.9 Å². The Kier molecular flexibility index (Phi) is 6.77. The van der Waals surface area contributed by atoms with Gasteiger partial charge in [0.25, 0.3) is 5.91 Å². The summed E-state index contributed by atoms with van der Waals surface area (Å²) in [5.41, 5.74) is 2.69. The highest BCUT2D eigenvalue weighted by atomic mass is 16.5. The zero-order chi connectivity index (χ0) is 23.4. The quantitative estimate of drug-likeness (QED) is 0.623. The third-order valence-electron chi connectivity index (χ3n) is 5.98. The lowest BCUT2D eigenvalue weighted by Crippen LogP contribution is -2.47. The molecule has 1 N–H and O–H groups in total. The smallest absolute Gasteiger partial charge is 0.255 e. The molecule has 1 fully saturated rings. The summed E-state index contributed by atoms with van der Waals surface area (Å²) in [5, 5.41) is 7.92. The van der Waals surface area contributed by atoms with Crippen molar-refractivity contribution in [2.75, 3.05) is 20.2 Å². The molecule has 0 aliphatic carbocycles. The van der Waals surface area contributed by atoms with Crippen LogP contribution in [0.1, 0.15) is 37.0 Å². The number of hydrogen-bond donors (Lipinski definition) is 1. The highest BCUT2D eigenvalue weighted by Crippen LogP contribution is 2.32. The number of hydrogen-bond acceptors (Lipinski definition) is 4. The Labute approximate surface area is 194 Å². The molecule has 0 radical (unpaired) electrons. The Hall–Kier alpha value is -3.61. The SMILES string of the molecule is COc1ccccc1-c1nn(-c2ccccc2)cc1C(=O)NC1CCN(C(=O)C(C)C)CC1. The van der Waals surface area contributed by atoms with Crippen molar-refractivity contribution < 1.29 is 14.3 Å². The van der Waals surface area contributed by atoms with Crippen molar-refractivity contribution in [1.82, 2.24) is 20.0 Å². The fourth-order valence-electron chi connectivity index (χ4n) is 4.16. The van der Waals surface area contributed by atoms with Gasteiger partial charge in [0.05, 0.1) is 18.4 Å². The van der Waals surface area contributed by atoms with E-state index in [1.807, 2.05) is 73.3 Å². The largest absolute Gasteiger partial charge is 0.496 e. The molecule has 1 saturated heterocycles. The van der Waals surface area contributed by atoms with Crippen LogP contribution in [0.2, 0.25) is 0 Å². The second-order valence-corrected chi connectivity index (χ2v) is 8.60. The summed E-state index contributed by atoms with van der Waals surface area (Å²) in [6.45, 7) is 5.15. The molecule has 2 amide bonds. The number of aromatic nitrogens is 2. The summed E-state index contributed by atoms with van der Waals surface area (Å²) in [5.74, 6) is 0.642. The minimum absolute atomic E-state index is 0.0108. The van der Waals surface area contributed by atoms with Gasteiger partial charge in [-0.1, -0.05) is 44.2 Å². The van der Waals surface area contributed by atoms with Gasteiger partial charge in [-0.15, -0.1) is 0 Å². The van der Waals surface area contributed by atoms with Crippen LogP contribution in [0.15, 0.2) is 60.8 Å². The highest BCUT2D eigenvalue weighted by molar-refractivity contribution is 6.00. The van der Waals surface area contributed by atoms with E-state index in [1.165, 1.54) is 0 Å². The van der Waals surface area contributed by atoms with Crippen molar-refractivity contribution in [1.29, 1.82) is 0 Å². The maximum absolute atomic E-state index is 13.4. The zero-order valence-corrected chi connectivity index (χ0v) is 19.3. The molecule has 1 aromatic heterocycles. The number of para-hydroxylation sites is 2. The summed E-state index contributed by atoms with van der Waals surface area (Å²) >= 11 is 0. The van der Waals surface area contributed by atoms with Gasteiger partial charge in [-0.2, -0.15) is 5.10 Å². The molecule has 33 heavy (non-hydrogen) atoms. The van der Waals surface area contributed by atoms with Gasteiger partial charge < -0.3 is 15.0 Å². The van der Waals surface area contributed by atoms with Crippen molar-refractivity contribution in [3.05, 3.63) is 66.4 Å². The molecule has 0 bridgehead atoms. The minimum atomic E-state index is -0.174. The molecule has 0 unspecified atom stereocenters. The van der Waals surface area contributed by atoms with E-state index in [4.69, 9.17) is 9.84 Å². The molecule has 1 aliphatic rings. The summed E-state index contributed by atoms with van der Waals surface area (Å²) in [7, 11) is 1.61. The molecule has 7 heteroatoms. The number of nitrogens with zero attached hydrogens (tertiary/aromatic N) is 3. The third-order valence-corrected chi connectivity index (χ3v) is 5.98. The second-order valence-electron chi connectivity index (χ2n) is 8.60. The van der Waals surface area contributed by atoms with Gasteiger partial charge in [-0.05, 0) is 37.1 Å². The maximum atomic E-state index is 13.4. The van der Waals surface area contributed by atoms with Crippen LogP contribution >= 0.6 is 0 Å². The predicted molar refractivity (Wildman–Crippen MR) is 127 cm³/mol. The average molecular weight is 447 g/mol. The molecule has 172 valence electrons. The van der Waals surface area contributed by atoms with Crippen molar-refractivity contribution in [2.24, 2.45) is 5.92 Å². The lowest BCUT2D eigenvalue weighted by molar-refractivity contribution is -0.135. The Morgan fingerprint density at radius 1 is 1.03 bits per heavy atom. The van der Waals surface area contributed by atoms with E-state index < -0.39 is 0 Å². The summed E-state index contributed by atoms with van der Waals surface area (Å²) < 4.78 is 7.26. The number of ether oxygens (including phenoxy) is 1. The van der Waals surface area contributed by atoms with E-state index in [1.54, 1.807) is 18.0 Å². The van der Waals surface area contributed by atoms with E-state index in [-0.39, 0.29) is 23.8 Å². The first-order valence-corrected chi connectivity index (χ1v) is 11.4. The van der Waals surface area contributed by atoms with E-state index >= 15 is 0 Å². The lowest BCUT2D eigenvalue weighted by atomic mass is 10.0. The lowest BCUT2D eigenvalue weighted by Gasteiger charge is -2.33. The maximum Gasteiger partial charge on any atom is 0.255 e. The van der Waals surface area contributed by atoms with Crippen LogP contribution in [0.4, 0.5) is 0 Å². The van der Waals surface area contributed by atoms with Gasteiger partial charge in [0, 0.05) is 36.8 Å². The van der Waals surface area contributed by atoms with Crippen LogP contribution < -0.4 is 10.1 Å². The molecule has 0 saturated carbocycles. The predicted octanol–water partition coefficient (Wildman–Crippen LogP) is 3.92. The first-order valence-electron chi connectivity index (χ1n) is 11.4. The number of piperidine rings is 1. The molecule has 0 atom stereocenters. The fraction of sp³-hybridized carbons (Fsp3) is 0.346. The molecule has 4 rings (SSSR count). The van der Waals surface area contributed by atoms with E-state index in [9.17, 15) is 9.59 Å². The number of rotatable bonds is 6. The Bertz CT molecular complexity index is 1120. The average Bonchev–Trinajstić information content (AvgIpc) is 3.30. The molecule has 1 aliphatic heterocycles. The summed E-state index contributed by atoms with van der Waals surface area (Å²) in [6, 6.07) is 17.3. The van der Waals surface area contributed by atoms with Crippen molar-refractivity contribution >= 4 is 11.8 Å². The molecule has 2 aromatic carbocycles. The normalized spacial score (nSPS) is 14.4. The van der Waals surface area contributed by atoms with Gasteiger partial charge in [0.15, 0.2) is 0 Å². The zero-order valence-electron chi connectivity index (χ0n) is 19.3. The van der Waals surface area contributed by atoms with Crippen LogP contribution in [0.5, 0.6) is 5.75 Å². The number of methoxy groups -OCH3 is 1. The summed E-state index contributed by atoms with van der Waals surface area (Å²) in [4.78, 5) is 27.5. The van der Waals surface area contributed by atoms with E-state index in [0.29, 0.717) is 30.1 Å². The first-order chi connectivity index (χ1) is 16.0. The number of likely N-dealkylation sites (tertiary alicyclic amines) is 1. The van der Waals surface area contributed by atoms with Gasteiger partial charge in [0.2, 0.25) is 5.91 Å². The van der Waals surface area contributed by atoms with Gasteiger partial charge in [-0.3, -0.25) is 9.59 Å². The van der Waals surface area contributed by atoms with Gasteiger partial charge in [-0.25, -0.2) is 4.68 Å². The number of amides is 2. The number of benzene rings is 2.